The lowest BCUT2D eigenvalue weighted by Gasteiger charge is -2.15. The summed E-state index contributed by atoms with van der Waals surface area (Å²) >= 11 is 0. The maximum Gasteiger partial charge on any atom is 0.253 e. The van der Waals surface area contributed by atoms with Crippen LogP contribution in [0.4, 0.5) is 0 Å². The van der Waals surface area contributed by atoms with E-state index in [0.29, 0.717) is 18.4 Å². The molecule has 0 radical (unpaired) electrons. The molecule has 0 saturated heterocycles. The van der Waals surface area contributed by atoms with Crippen molar-refractivity contribution in [2.75, 3.05) is 0 Å². The summed E-state index contributed by atoms with van der Waals surface area (Å²) in [5.41, 5.74) is 6.86. The van der Waals surface area contributed by atoms with Gasteiger partial charge < -0.3 is 11.1 Å². The number of hydrogen-bond donors (Lipinski definition) is 2. The van der Waals surface area contributed by atoms with Gasteiger partial charge in [0.15, 0.2) is 0 Å². The summed E-state index contributed by atoms with van der Waals surface area (Å²) in [6.45, 7) is 0. The summed E-state index contributed by atoms with van der Waals surface area (Å²) in [5, 5.41) is 2.65. The zero-order valence-corrected chi connectivity index (χ0v) is 11.5. The number of aromatic nitrogens is 1. The average molecular weight is 283 g/mol. The normalized spacial score (nSPS) is 11.6. The summed E-state index contributed by atoms with van der Waals surface area (Å²) in [5.74, 6) is -0.886. The van der Waals surface area contributed by atoms with Crippen LogP contribution in [0, 0.1) is 0 Å². The number of nitrogens with zero attached hydrogens (tertiary/aromatic N) is 1. The van der Waals surface area contributed by atoms with Crippen LogP contribution in [0.2, 0.25) is 0 Å². The summed E-state index contributed by atoms with van der Waals surface area (Å²) in [7, 11) is 0. The van der Waals surface area contributed by atoms with Crippen molar-refractivity contribution < 1.29 is 9.59 Å². The van der Waals surface area contributed by atoms with E-state index in [1.54, 1.807) is 18.3 Å². The molecule has 0 saturated carbocycles. The second-order valence-electron chi connectivity index (χ2n) is 4.69. The minimum atomic E-state index is -0.696. The van der Waals surface area contributed by atoms with E-state index in [1.165, 1.54) is 6.20 Å². The molecule has 1 heterocycles. The van der Waals surface area contributed by atoms with Gasteiger partial charge in [-0.1, -0.05) is 30.3 Å². The highest BCUT2D eigenvalue weighted by Gasteiger charge is 2.18. The number of rotatable bonds is 6. The number of carbonyl (C=O) groups excluding carboxylic acids is 2. The van der Waals surface area contributed by atoms with Crippen molar-refractivity contribution in [2.45, 2.75) is 18.9 Å². The third-order valence-corrected chi connectivity index (χ3v) is 3.14. The molecule has 21 heavy (non-hydrogen) atoms. The molecule has 0 aliphatic carbocycles. The number of amides is 2. The molecule has 0 aliphatic heterocycles. The monoisotopic (exact) mass is 283 g/mol. The minimum absolute atomic E-state index is 0.347. The minimum Gasteiger partial charge on any atom is -0.368 e. The van der Waals surface area contributed by atoms with Crippen LogP contribution in [-0.2, 0) is 11.2 Å². The van der Waals surface area contributed by atoms with Crippen LogP contribution in [0.25, 0.3) is 0 Å². The summed E-state index contributed by atoms with van der Waals surface area (Å²) in [6.07, 6.45) is 4.16. The molecule has 108 valence electrons. The number of aryl methyl sites for hydroxylation is 1. The standard InChI is InChI=1S/C16H17N3O2/c17-15(20)14(9-8-12-5-2-1-3-6-12)19-16(21)13-7-4-10-18-11-13/h1-7,10-11,14H,8-9H2,(H2,17,20)(H,19,21)/t14-/m1/s1. The first-order valence-electron chi connectivity index (χ1n) is 6.71. The van der Waals surface area contributed by atoms with Gasteiger partial charge >= 0.3 is 0 Å². The Morgan fingerprint density at radius 3 is 2.52 bits per heavy atom. The van der Waals surface area contributed by atoms with E-state index in [0.717, 1.165) is 5.56 Å². The van der Waals surface area contributed by atoms with Crippen molar-refractivity contribution in [2.24, 2.45) is 5.73 Å². The van der Waals surface area contributed by atoms with Crippen LogP contribution in [0.15, 0.2) is 54.9 Å². The van der Waals surface area contributed by atoms with Crippen molar-refractivity contribution in [3.8, 4) is 0 Å². The van der Waals surface area contributed by atoms with Crippen molar-refractivity contribution in [1.82, 2.24) is 10.3 Å². The number of nitrogens with two attached hydrogens (primary N) is 1. The fourth-order valence-corrected chi connectivity index (χ4v) is 1.98. The Hall–Kier alpha value is -2.69. The molecule has 1 aromatic heterocycles. The smallest absolute Gasteiger partial charge is 0.253 e. The van der Waals surface area contributed by atoms with E-state index in [9.17, 15) is 9.59 Å². The SMILES string of the molecule is NC(=O)[C@@H](CCc1ccccc1)NC(=O)c1cccnc1. The molecule has 2 aromatic rings. The molecule has 0 fully saturated rings. The summed E-state index contributed by atoms with van der Waals surface area (Å²) in [4.78, 5) is 27.4. The van der Waals surface area contributed by atoms with Gasteiger partial charge in [0.2, 0.25) is 5.91 Å². The average Bonchev–Trinajstić information content (AvgIpc) is 2.52. The first-order chi connectivity index (χ1) is 10.2. The molecule has 0 unspecified atom stereocenters. The highest BCUT2D eigenvalue weighted by Crippen LogP contribution is 2.06. The largest absolute Gasteiger partial charge is 0.368 e. The summed E-state index contributed by atoms with van der Waals surface area (Å²) < 4.78 is 0. The van der Waals surface area contributed by atoms with E-state index in [2.05, 4.69) is 10.3 Å². The fraction of sp³-hybridized carbons (Fsp3) is 0.188. The van der Waals surface area contributed by atoms with E-state index in [4.69, 9.17) is 5.73 Å². The molecule has 2 rings (SSSR count). The van der Waals surface area contributed by atoms with Gasteiger partial charge in [0.05, 0.1) is 5.56 Å². The number of carbonyl (C=O) groups is 2. The van der Waals surface area contributed by atoms with Crippen LogP contribution in [0.5, 0.6) is 0 Å². The molecule has 0 spiro atoms. The lowest BCUT2D eigenvalue weighted by Crippen LogP contribution is -2.44. The number of hydrogen-bond acceptors (Lipinski definition) is 3. The van der Waals surface area contributed by atoms with Gasteiger partial charge in [-0.3, -0.25) is 14.6 Å². The van der Waals surface area contributed by atoms with Crippen LogP contribution >= 0.6 is 0 Å². The molecular weight excluding hydrogens is 266 g/mol. The third-order valence-electron chi connectivity index (χ3n) is 3.14. The van der Waals surface area contributed by atoms with E-state index in [-0.39, 0.29) is 5.91 Å². The van der Waals surface area contributed by atoms with Gasteiger partial charge in [-0.2, -0.15) is 0 Å². The summed E-state index contributed by atoms with van der Waals surface area (Å²) in [6, 6.07) is 12.3. The number of benzene rings is 1. The first-order valence-corrected chi connectivity index (χ1v) is 6.71. The fourth-order valence-electron chi connectivity index (χ4n) is 1.98. The van der Waals surface area contributed by atoms with Crippen molar-refractivity contribution in [1.29, 1.82) is 0 Å². The van der Waals surface area contributed by atoms with E-state index < -0.39 is 11.9 Å². The number of pyridine rings is 1. The molecule has 1 atom stereocenters. The maximum absolute atomic E-state index is 12.0. The van der Waals surface area contributed by atoms with Gasteiger partial charge in [-0.05, 0) is 30.5 Å². The predicted octanol–water partition coefficient (Wildman–Crippen LogP) is 1.30. The van der Waals surface area contributed by atoms with Crippen LogP contribution in [-0.4, -0.2) is 22.8 Å². The Balaban J connectivity index is 1.96. The van der Waals surface area contributed by atoms with Crippen LogP contribution in [0.3, 0.4) is 0 Å². The van der Waals surface area contributed by atoms with Gasteiger partial charge in [0.1, 0.15) is 6.04 Å². The highest BCUT2D eigenvalue weighted by molar-refractivity contribution is 5.96. The maximum atomic E-state index is 12.0. The molecule has 5 heteroatoms. The molecule has 0 aliphatic rings. The second-order valence-corrected chi connectivity index (χ2v) is 4.69. The Bertz CT molecular complexity index is 599. The molecule has 1 aromatic carbocycles. The van der Waals surface area contributed by atoms with Gasteiger partial charge in [0.25, 0.3) is 5.91 Å². The van der Waals surface area contributed by atoms with Crippen LogP contribution < -0.4 is 11.1 Å². The zero-order valence-electron chi connectivity index (χ0n) is 11.5. The Labute approximate surface area is 123 Å². The van der Waals surface area contributed by atoms with Crippen LogP contribution in [0.1, 0.15) is 22.3 Å². The topological polar surface area (TPSA) is 85.1 Å². The van der Waals surface area contributed by atoms with Gasteiger partial charge in [-0.25, -0.2) is 0 Å². The van der Waals surface area contributed by atoms with Gasteiger partial charge in [0, 0.05) is 12.4 Å². The quantitative estimate of drug-likeness (QED) is 0.838. The Morgan fingerprint density at radius 1 is 1.14 bits per heavy atom. The number of nitrogens with one attached hydrogen (secondary N) is 1. The lowest BCUT2D eigenvalue weighted by atomic mass is 10.0. The van der Waals surface area contributed by atoms with E-state index >= 15 is 0 Å². The Morgan fingerprint density at radius 2 is 1.90 bits per heavy atom. The number of primary amides is 1. The highest BCUT2D eigenvalue weighted by atomic mass is 16.2. The van der Waals surface area contributed by atoms with E-state index in [1.807, 2.05) is 30.3 Å². The molecule has 5 nitrogen and oxygen atoms in total. The van der Waals surface area contributed by atoms with Gasteiger partial charge in [-0.15, -0.1) is 0 Å². The van der Waals surface area contributed by atoms with Crippen molar-refractivity contribution in [3.05, 3.63) is 66.0 Å². The first kappa shape index (κ1) is 14.7. The lowest BCUT2D eigenvalue weighted by molar-refractivity contribution is -0.120. The molecule has 0 bridgehead atoms. The molecular formula is C16H17N3O2. The van der Waals surface area contributed by atoms with Crippen molar-refractivity contribution >= 4 is 11.8 Å². The molecule has 3 N–H and O–H groups in total. The zero-order chi connectivity index (χ0) is 15.1. The Kier molecular flexibility index (Phi) is 5.04. The second kappa shape index (κ2) is 7.19. The predicted molar refractivity (Wildman–Crippen MR) is 79.4 cm³/mol. The molecule has 2 amide bonds. The third kappa shape index (κ3) is 4.42. The van der Waals surface area contributed by atoms with Crippen molar-refractivity contribution in [3.63, 3.8) is 0 Å².